The predicted molar refractivity (Wildman–Crippen MR) is 163 cm³/mol. The average Bonchev–Trinajstić information content (AvgIpc) is 2.97. The van der Waals surface area contributed by atoms with Crippen molar-refractivity contribution in [2.75, 3.05) is 43.5 Å². The Hall–Kier alpha value is -3.45. The van der Waals surface area contributed by atoms with Gasteiger partial charge in [-0.25, -0.2) is 0 Å². The van der Waals surface area contributed by atoms with Crippen LogP contribution in [-0.2, 0) is 9.53 Å². The molecule has 0 saturated carbocycles. The Morgan fingerprint density at radius 1 is 1.30 bits per heavy atom. The third-order valence-corrected chi connectivity index (χ3v) is 7.71. The van der Waals surface area contributed by atoms with E-state index in [9.17, 15) is 10.1 Å². The van der Waals surface area contributed by atoms with Gasteiger partial charge in [-0.15, -0.1) is 0 Å². The lowest BCUT2D eigenvalue weighted by atomic mass is 9.89. The molecule has 1 atom stereocenters. The Morgan fingerprint density at radius 2 is 2.10 bits per heavy atom. The van der Waals surface area contributed by atoms with Crippen molar-refractivity contribution in [2.24, 2.45) is 5.92 Å². The van der Waals surface area contributed by atoms with Gasteiger partial charge in [0.1, 0.15) is 17.9 Å². The van der Waals surface area contributed by atoms with E-state index in [1.807, 2.05) is 43.3 Å². The number of amides is 1. The SMILES string of the molecule is C=CC(=O)Nc1cc2c(Nc3cccc(Br)c3)c(C#N)cnc2cc1OC(CC)C1CCN(CCOCC)CC1. The molecule has 1 saturated heterocycles. The number of carbonyl (C=O) groups excluding carboxylic acids is 1. The monoisotopic (exact) mass is 605 g/mol. The van der Waals surface area contributed by atoms with E-state index in [2.05, 4.69) is 56.0 Å². The minimum absolute atomic E-state index is 0.0106. The van der Waals surface area contributed by atoms with Crippen LogP contribution in [0, 0.1) is 17.2 Å². The number of pyridine rings is 1. The molecule has 1 amide bonds. The first-order valence-corrected chi connectivity index (χ1v) is 14.5. The zero-order valence-corrected chi connectivity index (χ0v) is 24.7. The van der Waals surface area contributed by atoms with E-state index < -0.39 is 0 Å². The Kier molecular flexibility index (Phi) is 10.5. The molecule has 0 spiro atoms. The number of hydrogen-bond acceptors (Lipinski definition) is 7. The normalized spacial score (nSPS) is 14.8. The summed E-state index contributed by atoms with van der Waals surface area (Å²) in [6.45, 7) is 12.2. The van der Waals surface area contributed by atoms with Crippen LogP contribution in [0.15, 0.2) is 59.7 Å². The molecule has 2 N–H and O–H groups in total. The zero-order chi connectivity index (χ0) is 28.5. The molecule has 0 radical (unpaired) electrons. The molecular formula is C31H36BrN5O3. The molecule has 2 heterocycles. The molecule has 1 aliphatic rings. The van der Waals surface area contributed by atoms with Crippen molar-refractivity contribution >= 4 is 49.8 Å². The van der Waals surface area contributed by atoms with Crippen molar-refractivity contribution < 1.29 is 14.3 Å². The van der Waals surface area contributed by atoms with Gasteiger partial charge in [0.15, 0.2) is 0 Å². The second-order valence-electron chi connectivity index (χ2n) is 9.79. The van der Waals surface area contributed by atoms with Crippen LogP contribution >= 0.6 is 15.9 Å². The van der Waals surface area contributed by atoms with Gasteiger partial charge >= 0.3 is 0 Å². The van der Waals surface area contributed by atoms with Crippen LogP contribution in [0.5, 0.6) is 5.75 Å². The Morgan fingerprint density at radius 3 is 2.77 bits per heavy atom. The van der Waals surface area contributed by atoms with Gasteiger partial charge in [0.2, 0.25) is 5.91 Å². The van der Waals surface area contributed by atoms with Gasteiger partial charge in [-0.3, -0.25) is 9.78 Å². The fourth-order valence-electron chi connectivity index (χ4n) is 5.09. The second-order valence-corrected chi connectivity index (χ2v) is 10.7. The highest BCUT2D eigenvalue weighted by Crippen LogP contribution is 2.38. The highest BCUT2D eigenvalue weighted by molar-refractivity contribution is 9.10. The lowest BCUT2D eigenvalue weighted by molar-refractivity contribution is -0.111. The summed E-state index contributed by atoms with van der Waals surface area (Å²) in [6.07, 6.45) is 5.70. The number of anilines is 3. The summed E-state index contributed by atoms with van der Waals surface area (Å²) in [5, 5.41) is 16.8. The summed E-state index contributed by atoms with van der Waals surface area (Å²) >= 11 is 3.50. The first kappa shape index (κ1) is 29.5. The number of piperidine rings is 1. The molecule has 210 valence electrons. The second kappa shape index (κ2) is 14.3. The summed E-state index contributed by atoms with van der Waals surface area (Å²) in [5.74, 6) is 0.611. The summed E-state index contributed by atoms with van der Waals surface area (Å²) < 4.78 is 13.1. The van der Waals surface area contributed by atoms with Crippen LogP contribution in [-0.4, -0.2) is 54.7 Å². The molecule has 1 unspecified atom stereocenters. The van der Waals surface area contributed by atoms with Crippen LogP contribution in [0.2, 0.25) is 0 Å². The van der Waals surface area contributed by atoms with E-state index in [1.165, 1.54) is 6.08 Å². The summed E-state index contributed by atoms with van der Waals surface area (Å²) in [4.78, 5) is 19.4. The average molecular weight is 607 g/mol. The lowest BCUT2D eigenvalue weighted by Crippen LogP contribution is -2.40. The third-order valence-electron chi connectivity index (χ3n) is 7.22. The minimum atomic E-state index is -0.342. The van der Waals surface area contributed by atoms with Crippen molar-refractivity contribution in [3.8, 4) is 11.8 Å². The number of ether oxygens (including phenoxy) is 2. The van der Waals surface area contributed by atoms with E-state index in [0.717, 1.165) is 62.3 Å². The van der Waals surface area contributed by atoms with Crippen molar-refractivity contribution in [3.63, 3.8) is 0 Å². The first-order chi connectivity index (χ1) is 19.4. The van der Waals surface area contributed by atoms with Gasteiger partial charge in [0.05, 0.1) is 29.1 Å². The van der Waals surface area contributed by atoms with Gasteiger partial charge < -0.3 is 25.0 Å². The van der Waals surface area contributed by atoms with Crippen molar-refractivity contribution in [1.29, 1.82) is 5.26 Å². The third kappa shape index (κ3) is 7.39. The highest BCUT2D eigenvalue weighted by atomic mass is 79.9. The molecule has 2 aromatic carbocycles. The van der Waals surface area contributed by atoms with Gasteiger partial charge in [0, 0.05) is 41.0 Å². The molecule has 0 aliphatic carbocycles. The number of benzene rings is 2. The number of halogens is 1. The largest absolute Gasteiger partial charge is 0.488 e. The number of aromatic nitrogens is 1. The molecule has 1 aliphatic heterocycles. The molecular weight excluding hydrogens is 570 g/mol. The van der Waals surface area contributed by atoms with Gasteiger partial charge in [0.25, 0.3) is 0 Å². The van der Waals surface area contributed by atoms with Crippen molar-refractivity contribution in [2.45, 2.75) is 39.2 Å². The van der Waals surface area contributed by atoms with E-state index in [4.69, 9.17) is 9.47 Å². The molecule has 3 aromatic rings. The molecule has 40 heavy (non-hydrogen) atoms. The molecule has 0 bridgehead atoms. The fraction of sp³-hybridized carbons (Fsp3) is 0.387. The number of rotatable bonds is 12. The number of carbonyl (C=O) groups is 1. The summed E-state index contributed by atoms with van der Waals surface area (Å²) in [7, 11) is 0. The molecule has 1 aromatic heterocycles. The van der Waals surface area contributed by atoms with E-state index in [1.54, 1.807) is 6.20 Å². The maximum absolute atomic E-state index is 12.4. The Labute approximate surface area is 244 Å². The van der Waals surface area contributed by atoms with Gasteiger partial charge in [-0.05, 0) is 75.5 Å². The molecule has 8 nitrogen and oxygen atoms in total. The van der Waals surface area contributed by atoms with Crippen LogP contribution in [0.1, 0.15) is 38.7 Å². The summed E-state index contributed by atoms with van der Waals surface area (Å²) in [5.41, 5.74) is 2.99. The highest BCUT2D eigenvalue weighted by Gasteiger charge is 2.28. The van der Waals surface area contributed by atoms with Crippen LogP contribution in [0.4, 0.5) is 17.1 Å². The first-order valence-electron chi connectivity index (χ1n) is 13.7. The zero-order valence-electron chi connectivity index (χ0n) is 23.1. The fourth-order valence-corrected chi connectivity index (χ4v) is 5.49. The number of fused-ring (bicyclic) bond motifs is 1. The van der Waals surface area contributed by atoms with Crippen LogP contribution in [0.3, 0.4) is 0 Å². The van der Waals surface area contributed by atoms with E-state index >= 15 is 0 Å². The quantitative estimate of drug-likeness (QED) is 0.176. The van der Waals surface area contributed by atoms with E-state index in [-0.39, 0.29) is 12.0 Å². The maximum Gasteiger partial charge on any atom is 0.247 e. The topological polar surface area (TPSA) is 99.5 Å². The van der Waals surface area contributed by atoms with Gasteiger partial charge in [-0.1, -0.05) is 35.5 Å². The van der Waals surface area contributed by atoms with Crippen LogP contribution in [0.25, 0.3) is 10.9 Å². The minimum Gasteiger partial charge on any atom is -0.488 e. The number of nitrogens with one attached hydrogen (secondary N) is 2. The van der Waals surface area contributed by atoms with Crippen molar-refractivity contribution in [3.05, 3.63) is 65.3 Å². The molecule has 4 rings (SSSR count). The molecule has 1 fully saturated rings. The predicted octanol–water partition coefficient (Wildman–Crippen LogP) is 6.64. The van der Waals surface area contributed by atoms with Crippen LogP contribution < -0.4 is 15.4 Å². The summed E-state index contributed by atoms with van der Waals surface area (Å²) in [6, 6.07) is 13.6. The number of likely N-dealkylation sites (tertiary alicyclic amines) is 1. The van der Waals surface area contributed by atoms with E-state index in [0.29, 0.717) is 39.5 Å². The Balaban J connectivity index is 1.64. The maximum atomic E-state index is 12.4. The standard InChI is InChI=1S/C31H36BrN5O3/c1-4-28(21-10-12-37(13-11-21)14-15-39-6-3)40-29-18-26-25(17-27(29)36-30(38)5-2)31(22(19-33)20-34-26)35-24-9-7-8-23(32)16-24/h5,7-9,16-18,20-21,28H,2,4,6,10-15H2,1,3H3,(H,34,35)(H,36,38). The number of nitriles is 1. The Bertz CT molecular complexity index is 1380. The lowest BCUT2D eigenvalue weighted by Gasteiger charge is -2.36. The number of hydrogen-bond donors (Lipinski definition) is 2. The van der Waals surface area contributed by atoms with Gasteiger partial charge in [-0.2, -0.15) is 5.26 Å². The molecule has 9 heteroatoms. The van der Waals surface area contributed by atoms with Crippen molar-refractivity contribution in [1.82, 2.24) is 9.88 Å². The number of nitrogens with zero attached hydrogens (tertiary/aromatic N) is 3. The smallest absolute Gasteiger partial charge is 0.247 e.